The molecule has 1 aromatic rings. The fourth-order valence-electron chi connectivity index (χ4n) is 2.74. The standard InChI is InChI=1S/C17H24O/c1-17(2,3)15-10-7-14(8-11-15)13-5-4-6-16(18)12-9-13/h7-8,10-11,13H,4-6,9,12H2,1-3H3/t13-/m1/s1. The maximum absolute atomic E-state index is 11.4. The van der Waals surface area contributed by atoms with Gasteiger partial charge in [-0.15, -0.1) is 0 Å². The Balaban J connectivity index is 2.11. The van der Waals surface area contributed by atoms with Gasteiger partial charge in [-0.25, -0.2) is 0 Å². The van der Waals surface area contributed by atoms with E-state index >= 15 is 0 Å². The third-order valence-corrected chi connectivity index (χ3v) is 4.03. The van der Waals surface area contributed by atoms with Gasteiger partial charge in [0.05, 0.1) is 0 Å². The Morgan fingerprint density at radius 3 is 2.28 bits per heavy atom. The molecule has 1 aliphatic carbocycles. The van der Waals surface area contributed by atoms with Crippen molar-refractivity contribution in [2.24, 2.45) is 0 Å². The molecule has 98 valence electrons. The Bertz CT molecular complexity index is 408. The molecule has 0 amide bonds. The summed E-state index contributed by atoms with van der Waals surface area (Å²) in [6.45, 7) is 6.73. The van der Waals surface area contributed by atoms with Crippen molar-refractivity contribution in [1.29, 1.82) is 0 Å². The predicted molar refractivity (Wildman–Crippen MR) is 76.0 cm³/mol. The normalized spacial score (nSPS) is 21.7. The Hall–Kier alpha value is -1.11. The lowest BCUT2D eigenvalue weighted by Gasteiger charge is -2.21. The van der Waals surface area contributed by atoms with E-state index in [1.165, 1.54) is 17.5 Å². The van der Waals surface area contributed by atoms with Crippen LogP contribution < -0.4 is 0 Å². The van der Waals surface area contributed by atoms with E-state index in [9.17, 15) is 4.79 Å². The largest absolute Gasteiger partial charge is 0.300 e. The van der Waals surface area contributed by atoms with Gasteiger partial charge in [-0.2, -0.15) is 0 Å². The van der Waals surface area contributed by atoms with Crippen molar-refractivity contribution in [3.8, 4) is 0 Å². The van der Waals surface area contributed by atoms with Crippen molar-refractivity contribution in [1.82, 2.24) is 0 Å². The first kappa shape index (κ1) is 13.3. The third kappa shape index (κ3) is 3.22. The van der Waals surface area contributed by atoms with Gasteiger partial charge in [-0.3, -0.25) is 4.79 Å². The lowest BCUT2D eigenvalue weighted by Crippen LogP contribution is -2.11. The zero-order valence-corrected chi connectivity index (χ0v) is 11.8. The molecule has 0 heterocycles. The van der Waals surface area contributed by atoms with Crippen LogP contribution >= 0.6 is 0 Å². The predicted octanol–water partition coefficient (Wildman–Crippen LogP) is 4.60. The van der Waals surface area contributed by atoms with Gasteiger partial charge in [0, 0.05) is 12.8 Å². The van der Waals surface area contributed by atoms with E-state index in [4.69, 9.17) is 0 Å². The smallest absolute Gasteiger partial charge is 0.132 e. The first-order chi connectivity index (χ1) is 8.47. The van der Waals surface area contributed by atoms with Crippen molar-refractivity contribution >= 4 is 5.78 Å². The van der Waals surface area contributed by atoms with E-state index in [0.717, 1.165) is 25.7 Å². The molecule has 0 aliphatic heterocycles. The van der Waals surface area contributed by atoms with E-state index in [-0.39, 0.29) is 5.41 Å². The van der Waals surface area contributed by atoms with Gasteiger partial charge in [0.15, 0.2) is 0 Å². The summed E-state index contributed by atoms with van der Waals surface area (Å²) in [5, 5.41) is 0. The second kappa shape index (κ2) is 5.26. The van der Waals surface area contributed by atoms with Crippen LogP contribution in [0, 0.1) is 0 Å². The molecular weight excluding hydrogens is 220 g/mol. The van der Waals surface area contributed by atoms with Crippen LogP contribution in [0.4, 0.5) is 0 Å². The molecule has 0 N–H and O–H groups in total. The van der Waals surface area contributed by atoms with Crippen LogP contribution in [0.5, 0.6) is 0 Å². The highest BCUT2D eigenvalue weighted by molar-refractivity contribution is 5.78. The number of ketones is 1. The van der Waals surface area contributed by atoms with Gasteiger partial charge >= 0.3 is 0 Å². The summed E-state index contributed by atoms with van der Waals surface area (Å²) < 4.78 is 0. The van der Waals surface area contributed by atoms with Gasteiger partial charge < -0.3 is 0 Å². The van der Waals surface area contributed by atoms with Gasteiger partial charge in [0.1, 0.15) is 5.78 Å². The van der Waals surface area contributed by atoms with E-state index in [1.807, 2.05) is 0 Å². The molecular formula is C17H24O. The molecule has 18 heavy (non-hydrogen) atoms. The van der Waals surface area contributed by atoms with Crippen LogP contribution in [0.15, 0.2) is 24.3 Å². The number of Topliss-reactive ketones (excluding diaryl/α,β-unsaturated/α-hetero) is 1. The Labute approximate surface area is 111 Å². The Kier molecular flexibility index (Phi) is 3.89. The number of benzene rings is 1. The van der Waals surface area contributed by atoms with Crippen LogP contribution in [0.2, 0.25) is 0 Å². The maximum Gasteiger partial charge on any atom is 0.132 e. The number of rotatable bonds is 1. The quantitative estimate of drug-likeness (QED) is 0.660. The summed E-state index contributed by atoms with van der Waals surface area (Å²) in [5.74, 6) is 1.04. The summed E-state index contributed by atoms with van der Waals surface area (Å²) >= 11 is 0. The summed E-state index contributed by atoms with van der Waals surface area (Å²) in [6.07, 6.45) is 4.82. The summed E-state index contributed by atoms with van der Waals surface area (Å²) in [4.78, 5) is 11.4. The van der Waals surface area contributed by atoms with E-state index < -0.39 is 0 Å². The average Bonchev–Trinajstić information content (AvgIpc) is 2.53. The van der Waals surface area contributed by atoms with Crippen molar-refractivity contribution < 1.29 is 4.79 Å². The summed E-state index contributed by atoms with van der Waals surface area (Å²) in [6, 6.07) is 9.03. The van der Waals surface area contributed by atoms with Crippen LogP contribution in [-0.2, 0) is 10.2 Å². The first-order valence-corrected chi connectivity index (χ1v) is 7.09. The van der Waals surface area contributed by atoms with E-state index in [0.29, 0.717) is 11.7 Å². The zero-order chi connectivity index (χ0) is 13.2. The highest BCUT2D eigenvalue weighted by Crippen LogP contribution is 2.32. The second-order valence-electron chi connectivity index (χ2n) is 6.54. The Morgan fingerprint density at radius 1 is 1.00 bits per heavy atom. The molecule has 1 aliphatic rings. The molecule has 0 unspecified atom stereocenters. The van der Waals surface area contributed by atoms with Gasteiger partial charge in [-0.05, 0) is 41.7 Å². The molecule has 1 aromatic carbocycles. The highest BCUT2D eigenvalue weighted by atomic mass is 16.1. The van der Waals surface area contributed by atoms with Crippen LogP contribution in [-0.4, -0.2) is 5.78 Å². The molecule has 0 bridgehead atoms. The second-order valence-corrected chi connectivity index (χ2v) is 6.54. The van der Waals surface area contributed by atoms with Crippen molar-refractivity contribution in [2.45, 2.75) is 64.2 Å². The molecule has 0 spiro atoms. The van der Waals surface area contributed by atoms with Crippen LogP contribution in [0.3, 0.4) is 0 Å². The first-order valence-electron chi connectivity index (χ1n) is 7.09. The average molecular weight is 244 g/mol. The van der Waals surface area contributed by atoms with Crippen molar-refractivity contribution in [3.05, 3.63) is 35.4 Å². The zero-order valence-electron chi connectivity index (χ0n) is 11.8. The molecule has 0 saturated heterocycles. The minimum Gasteiger partial charge on any atom is -0.300 e. The SMILES string of the molecule is CC(C)(C)c1ccc([C@@H]2CCCC(=O)CC2)cc1. The molecule has 1 nitrogen and oxygen atoms in total. The number of hydrogen-bond acceptors (Lipinski definition) is 1. The fraction of sp³-hybridized carbons (Fsp3) is 0.588. The minimum atomic E-state index is 0.220. The molecule has 0 aromatic heterocycles. The van der Waals surface area contributed by atoms with Gasteiger partial charge in [0.2, 0.25) is 0 Å². The molecule has 2 rings (SSSR count). The summed E-state index contributed by atoms with van der Waals surface area (Å²) in [5.41, 5.74) is 3.02. The molecule has 1 fully saturated rings. The van der Waals surface area contributed by atoms with Crippen LogP contribution in [0.25, 0.3) is 0 Å². The topological polar surface area (TPSA) is 17.1 Å². The van der Waals surface area contributed by atoms with Crippen molar-refractivity contribution in [2.75, 3.05) is 0 Å². The third-order valence-electron chi connectivity index (χ3n) is 4.03. The molecule has 1 heteroatoms. The Morgan fingerprint density at radius 2 is 1.67 bits per heavy atom. The number of carbonyl (C=O) groups excluding carboxylic acids is 1. The van der Waals surface area contributed by atoms with Gasteiger partial charge in [0.25, 0.3) is 0 Å². The minimum absolute atomic E-state index is 0.220. The fourth-order valence-corrected chi connectivity index (χ4v) is 2.74. The number of hydrogen-bond donors (Lipinski definition) is 0. The lowest BCUT2D eigenvalue weighted by atomic mass is 9.84. The monoisotopic (exact) mass is 244 g/mol. The number of carbonyl (C=O) groups is 1. The lowest BCUT2D eigenvalue weighted by molar-refractivity contribution is -0.118. The van der Waals surface area contributed by atoms with Crippen LogP contribution in [0.1, 0.15) is 69.9 Å². The molecule has 1 saturated carbocycles. The highest BCUT2D eigenvalue weighted by Gasteiger charge is 2.19. The maximum atomic E-state index is 11.4. The molecule has 0 radical (unpaired) electrons. The van der Waals surface area contributed by atoms with Gasteiger partial charge in [-0.1, -0.05) is 45.0 Å². The van der Waals surface area contributed by atoms with E-state index in [2.05, 4.69) is 45.0 Å². The molecule has 1 atom stereocenters. The van der Waals surface area contributed by atoms with E-state index in [1.54, 1.807) is 0 Å². The summed E-state index contributed by atoms with van der Waals surface area (Å²) in [7, 11) is 0. The van der Waals surface area contributed by atoms with Crippen molar-refractivity contribution in [3.63, 3.8) is 0 Å².